The standard InChI is InChI=1S/C21H17ClF3N3O5S/c22-12-2-4-15-14(8-12)19(17(9-27-15)34(31,32)18-10-26-5-6-33-18)28-16-7-11(21(23,24)25)1-3-13(16)20(29)30/h1-4,7-9,18,26H,5-6,10H2,(H,27,28)(H,29,30). The number of aromatic nitrogens is 1. The number of benzene rings is 2. The second kappa shape index (κ2) is 9.02. The smallest absolute Gasteiger partial charge is 0.416 e. The Hall–Kier alpha value is -2.93. The van der Waals surface area contributed by atoms with Gasteiger partial charge in [0.1, 0.15) is 4.90 Å². The molecule has 1 aromatic heterocycles. The minimum absolute atomic E-state index is 0.0146. The largest absolute Gasteiger partial charge is 0.478 e. The Morgan fingerprint density at radius 2 is 2.00 bits per heavy atom. The van der Waals surface area contributed by atoms with E-state index < -0.39 is 44.2 Å². The number of nitrogens with one attached hydrogen (secondary N) is 2. The summed E-state index contributed by atoms with van der Waals surface area (Å²) in [5.41, 5.74) is -3.20. The van der Waals surface area contributed by atoms with Gasteiger partial charge in [-0.05, 0) is 36.4 Å². The van der Waals surface area contributed by atoms with Crippen LogP contribution in [0.2, 0.25) is 5.02 Å². The van der Waals surface area contributed by atoms with Gasteiger partial charge in [0, 0.05) is 29.7 Å². The zero-order valence-electron chi connectivity index (χ0n) is 17.2. The van der Waals surface area contributed by atoms with E-state index in [4.69, 9.17) is 16.3 Å². The van der Waals surface area contributed by atoms with Gasteiger partial charge in [0.2, 0.25) is 9.84 Å². The summed E-state index contributed by atoms with van der Waals surface area (Å²) in [6, 6.07) is 6.44. The number of anilines is 2. The van der Waals surface area contributed by atoms with E-state index >= 15 is 0 Å². The fraction of sp³-hybridized carbons (Fsp3) is 0.238. The number of nitrogens with zero attached hydrogens (tertiary/aromatic N) is 1. The van der Waals surface area contributed by atoms with Crippen LogP contribution in [0.3, 0.4) is 0 Å². The van der Waals surface area contributed by atoms with Crippen molar-refractivity contribution in [1.29, 1.82) is 0 Å². The van der Waals surface area contributed by atoms with Crippen molar-refractivity contribution in [2.45, 2.75) is 16.5 Å². The van der Waals surface area contributed by atoms with Crippen LogP contribution in [-0.2, 0) is 20.8 Å². The number of aromatic carboxylic acids is 1. The molecule has 1 fully saturated rings. The topological polar surface area (TPSA) is 118 Å². The van der Waals surface area contributed by atoms with Crippen LogP contribution >= 0.6 is 11.6 Å². The Morgan fingerprint density at radius 3 is 2.65 bits per heavy atom. The average molecular weight is 516 g/mol. The molecule has 0 spiro atoms. The van der Waals surface area contributed by atoms with Gasteiger partial charge in [0.25, 0.3) is 0 Å². The molecule has 0 aliphatic carbocycles. The first kappa shape index (κ1) is 24.2. The third kappa shape index (κ3) is 4.67. The molecule has 34 heavy (non-hydrogen) atoms. The first-order chi connectivity index (χ1) is 16.0. The zero-order chi connectivity index (χ0) is 24.7. The highest BCUT2D eigenvalue weighted by molar-refractivity contribution is 7.92. The third-order valence-corrected chi connectivity index (χ3v) is 7.33. The maximum Gasteiger partial charge on any atom is 0.416 e. The molecule has 180 valence electrons. The van der Waals surface area contributed by atoms with Crippen LogP contribution in [0.1, 0.15) is 15.9 Å². The van der Waals surface area contributed by atoms with E-state index in [0.717, 1.165) is 12.3 Å². The van der Waals surface area contributed by atoms with E-state index in [1.807, 2.05) is 0 Å². The summed E-state index contributed by atoms with van der Waals surface area (Å²) in [4.78, 5) is 15.5. The van der Waals surface area contributed by atoms with E-state index in [2.05, 4.69) is 15.6 Å². The second-order valence-electron chi connectivity index (χ2n) is 7.40. The van der Waals surface area contributed by atoms with Crippen LogP contribution in [0.4, 0.5) is 24.5 Å². The van der Waals surface area contributed by atoms with Crippen molar-refractivity contribution < 1.29 is 36.2 Å². The van der Waals surface area contributed by atoms with E-state index in [1.54, 1.807) is 0 Å². The minimum Gasteiger partial charge on any atom is -0.478 e. The molecule has 1 aliphatic heterocycles. The van der Waals surface area contributed by atoms with E-state index in [9.17, 15) is 31.5 Å². The number of hydrogen-bond acceptors (Lipinski definition) is 7. The molecule has 0 amide bonds. The number of rotatable bonds is 5. The lowest BCUT2D eigenvalue weighted by Gasteiger charge is -2.25. The maximum atomic E-state index is 13.4. The number of pyridine rings is 1. The number of hydrogen-bond donors (Lipinski definition) is 3. The molecule has 3 N–H and O–H groups in total. The quantitative estimate of drug-likeness (QED) is 0.465. The normalized spacial score (nSPS) is 17.0. The highest BCUT2D eigenvalue weighted by Gasteiger charge is 2.35. The molecule has 2 aromatic carbocycles. The van der Waals surface area contributed by atoms with Crippen LogP contribution in [0, 0.1) is 0 Å². The number of sulfone groups is 1. The first-order valence-corrected chi connectivity index (χ1v) is 11.8. The number of morpholine rings is 1. The number of ether oxygens (including phenoxy) is 1. The molecule has 3 aromatic rings. The maximum absolute atomic E-state index is 13.4. The third-order valence-electron chi connectivity index (χ3n) is 5.18. The molecule has 0 saturated carbocycles. The predicted molar refractivity (Wildman–Crippen MR) is 118 cm³/mol. The summed E-state index contributed by atoms with van der Waals surface area (Å²) in [7, 11) is -4.21. The number of fused-ring (bicyclic) bond motifs is 1. The number of halogens is 4. The SMILES string of the molecule is O=C(O)c1ccc(C(F)(F)F)cc1Nc1c(S(=O)(=O)C2CNCCO2)cnc2ccc(Cl)cc12. The molecule has 2 heterocycles. The first-order valence-electron chi connectivity index (χ1n) is 9.84. The molecule has 0 radical (unpaired) electrons. The van der Waals surface area contributed by atoms with Crippen molar-refractivity contribution in [2.75, 3.05) is 25.0 Å². The molecule has 8 nitrogen and oxygen atoms in total. The van der Waals surface area contributed by atoms with Gasteiger partial charge < -0.3 is 20.5 Å². The van der Waals surface area contributed by atoms with Crippen molar-refractivity contribution in [1.82, 2.24) is 10.3 Å². The van der Waals surface area contributed by atoms with E-state index in [-0.39, 0.29) is 39.7 Å². The van der Waals surface area contributed by atoms with Gasteiger partial charge in [-0.1, -0.05) is 11.6 Å². The van der Waals surface area contributed by atoms with E-state index in [1.165, 1.54) is 18.2 Å². The molecule has 1 saturated heterocycles. The number of carboxylic acids is 1. The molecular weight excluding hydrogens is 499 g/mol. The summed E-state index contributed by atoms with van der Waals surface area (Å²) in [6.07, 6.45) is -3.70. The lowest BCUT2D eigenvalue weighted by atomic mass is 10.1. The van der Waals surface area contributed by atoms with Gasteiger partial charge in [0.15, 0.2) is 5.44 Å². The van der Waals surface area contributed by atoms with Crippen LogP contribution in [0.5, 0.6) is 0 Å². The molecule has 1 unspecified atom stereocenters. The zero-order valence-corrected chi connectivity index (χ0v) is 18.8. The summed E-state index contributed by atoms with van der Waals surface area (Å²) in [5, 5.41) is 15.4. The Labute approximate surface area is 196 Å². The van der Waals surface area contributed by atoms with Gasteiger partial charge in [0.05, 0.1) is 34.6 Å². The lowest BCUT2D eigenvalue weighted by molar-refractivity contribution is -0.137. The summed E-state index contributed by atoms with van der Waals surface area (Å²) in [6.45, 7) is 0.574. The predicted octanol–water partition coefficient (Wildman–Crippen LogP) is 4.07. The summed E-state index contributed by atoms with van der Waals surface area (Å²) in [5.74, 6) is -1.50. The Kier molecular flexibility index (Phi) is 6.42. The van der Waals surface area contributed by atoms with Gasteiger partial charge in [-0.2, -0.15) is 13.2 Å². The Morgan fingerprint density at radius 1 is 1.24 bits per heavy atom. The number of carboxylic acid groups (broad SMARTS) is 1. The average Bonchev–Trinajstić information content (AvgIpc) is 2.79. The van der Waals surface area contributed by atoms with Crippen LogP contribution in [0.15, 0.2) is 47.5 Å². The summed E-state index contributed by atoms with van der Waals surface area (Å²) >= 11 is 6.09. The lowest BCUT2D eigenvalue weighted by Crippen LogP contribution is -2.43. The van der Waals surface area contributed by atoms with E-state index in [0.29, 0.717) is 18.7 Å². The van der Waals surface area contributed by atoms with Gasteiger partial charge >= 0.3 is 12.1 Å². The van der Waals surface area contributed by atoms with Crippen LogP contribution in [0.25, 0.3) is 10.9 Å². The molecule has 0 bridgehead atoms. The Balaban J connectivity index is 1.95. The summed E-state index contributed by atoms with van der Waals surface area (Å²) < 4.78 is 72.2. The van der Waals surface area contributed by atoms with Crippen molar-refractivity contribution in [3.05, 3.63) is 58.7 Å². The second-order valence-corrected chi connectivity index (χ2v) is 9.89. The monoisotopic (exact) mass is 515 g/mol. The van der Waals surface area contributed by atoms with Crippen LogP contribution < -0.4 is 10.6 Å². The number of carbonyl (C=O) groups is 1. The fourth-order valence-corrected chi connectivity index (χ4v) is 5.23. The number of alkyl halides is 3. The molecule has 1 aliphatic rings. The van der Waals surface area contributed by atoms with Gasteiger partial charge in [-0.15, -0.1) is 0 Å². The fourth-order valence-electron chi connectivity index (χ4n) is 3.52. The highest BCUT2D eigenvalue weighted by atomic mass is 35.5. The molecule has 4 rings (SSSR count). The van der Waals surface area contributed by atoms with Crippen molar-refractivity contribution >= 4 is 49.7 Å². The van der Waals surface area contributed by atoms with Crippen LogP contribution in [-0.4, -0.2) is 49.6 Å². The highest BCUT2D eigenvalue weighted by Crippen LogP contribution is 2.38. The Bertz CT molecular complexity index is 1380. The molecular formula is C21H17ClF3N3O5S. The van der Waals surface area contributed by atoms with Crippen molar-refractivity contribution in [2.24, 2.45) is 0 Å². The van der Waals surface area contributed by atoms with Gasteiger partial charge in [-0.25, -0.2) is 13.2 Å². The molecule has 1 atom stereocenters. The minimum atomic E-state index is -4.76. The molecule has 13 heteroatoms. The van der Waals surface area contributed by atoms with Crippen molar-refractivity contribution in [3.8, 4) is 0 Å². The van der Waals surface area contributed by atoms with Gasteiger partial charge in [-0.3, -0.25) is 4.98 Å². The van der Waals surface area contributed by atoms with Crippen molar-refractivity contribution in [3.63, 3.8) is 0 Å².